The fraction of sp³-hybridized carbons (Fsp3) is 0.321. The maximum Gasteiger partial charge on any atom is 0.387 e. The molecule has 0 unspecified atom stereocenters. The van der Waals surface area contributed by atoms with Gasteiger partial charge in [0.05, 0.1) is 24.2 Å². The Morgan fingerprint density at radius 3 is 2.42 bits per heavy atom. The number of carbonyl (C=O) groups excluding carboxylic acids is 2. The summed E-state index contributed by atoms with van der Waals surface area (Å²) in [6, 6.07) is 9.40. The summed E-state index contributed by atoms with van der Waals surface area (Å²) >= 11 is 12.7. The van der Waals surface area contributed by atoms with E-state index in [2.05, 4.69) is 19.2 Å². The summed E-state index contributed by atoms with van der Waals surface area (Å²) in [7, 11) is -3.25. The molecule has 4 rings (SSSR count). The summed E-state index contributed by atoms with van der Waals surface area (Å²) in [5.74, 6) is -1.76. The highest BCUT2D eigenvalue weighted by Gasteiger charge is 2.28. The molecule has 2 aromatic carbocycles. The molecule has 1 aromatic heterocycles. The minimum Gasteiger partial charge on any atom is -0.489 e. The smallest absolute Gasteiger partial charge is 0.387 e. The molecule has 10 nitrogen and oxygen atoms in total. The van der Waals surface area contributed by atoms with Crippen LogP contribution in [0.15, 0.2) is 59.8 Å². The van der Waals surface area contributed by atoms with Crippen molar-refractivity contribution in [3.8, 4) is 11.5 Å². The van der Waals surface area contributed by atoms with Gasteiger partial charge >= 0.3 is 18.6 Å². The van der Waals surface area contributed by atoms with Gasteiger partial charge in [-0.25, -0.2) is 18.2 Å². The van der Waals surface area contributed by atoms with Gasteiger partial charge < -0.3 is 18.9 Å². The molecule has 1 heterocycles. The van der Waals surface area contributed by atoms with Crippen molar-refractivity contribution in [1.82, 2.24) is 4.72 Å². The third kappa shape index (κ3) is 8.75. The first kappa shape index (κ1) is 32.4. The molecule has 1 aliphatic rings. The number of methoxy groups -OCH3 is 1. The van der Waals surface area contributed by atoms with Gasteiger partial charge in [0.1, 0.15) is 22.7 Å². The number of aromatic nitrogens is 1. The molecule has 230 valence electrons. The lowest BCUT2D eigenvalue weighted by molar-refractivity contribution is -0.377. The second kappa shape index (κ2) is 14.3. The summed E-state index contributed by atoms with van der Waals surface area (Å²) in [6.45, 7) is -3.62. The number of nitrogens with one attached hydrogen (secondary N) is 2. The zero-order valence-electron chi connectivity index (χ0n) is 22.6. The van der Waals surface area contributed by atoms with Gasteiger partial charge in [-0.3, -0.25) is 4.79 Å². The first-order chi connectivity index (χ1) is 20.5. The fourth-order valence-corrected chi connectivity index (χ4v) is 5.71. The Balaban J connectivity index is 1.59. The van der Waals surface area contributed by atoms with Crippen molar-refractivity contribution in [3.05, 3.63) is 81.6 Å². The van der Waals surface area contributed by atoms with Crippen molar-refractivity contribution in [2.75, 3.05) is 20.3 Å². The Morgan fingerprint density at radius 2 is 1.77 bits per heavy atom. The van der Waals surface area contributed by atoms with Crippen LogP contribution in [0.3, 0.4) is 0 Å². The SMILES string of the molecule is COC(=O)c1ccccc1S(=O)(=O)NCC(=O)O[C@@H](Cc1c(Cl)c[nH+]cc1Cl)c1ccc(OC(F)F)c(OCC2CC2)c1. The number of halogens is 4. The highest BCUT2D eigenvalue weighted by Crippen LogP contribution is 2.37. The van der Waals surface area contributed by atoms with E-state index in [1.54, 1.807) is 0 Å². The van der Waals surface area contributed by atoms with Crippen molar-refractivity contribution in [3.63, 3.8) is 0 Å². The molecule has 0 saturated heterocycles. The van der Waals surface area contributed by atoms with E-state index in [0.717, 1.165) is 20.0 Å². The number of pyridine rings is 1. The van der Waals surface area contributed by atoms with E-state index >= 15 is 0 Å². The fourth-order valence-electron chi connectivity index (χ4n) is 4.02. The van der Waals surface area contributed by atoms with E-state index < -0.39 is 46.1 Å². The molecule has 0 aliphatic heterocycles. The molecule has 0 amide bonds. The monoisotopic (exact) mass is 659 g/mol. The number of aromatic amines is 1. The Bertz CT molecular complexity index is 1570. The average molecular weight is 660 g/mol. The molecule has 1 saturated carbocycles. The maximum atomic E-state index is 13.1. The number of benzene rings is 2. The van der Waals surface area contributed by atoms with Crippen LogP contribution < -0.4 is 19.2 Å². The first-order valence-electron chi connectivity index (χ1n) is 12.9. The lowest BCUT2D eigenvalue weighted by Crippen LogP contribution is -2.32. The van der Waals surface area contributed by atoms with Crippen molar-refractivity contribution >= 4 is 45.2 Å². The van der Waals surface area contributed by atoms with Crippen molar-refractivity contribution in [1.29, 1.82) is 0 Å². The zero-order chi connectivity index (χ0) is 31.1. The van der Waals surface area contributed by atoms with Crippen LogP contribution >= 0.6 is 23.2 Å². The van der Waals surface area contributed by atoms with Gasteiger partial charge in [0.25, 0.3) is 0 Å². The largest absolute Gasteiger partial charge is 0.489 e. The molecule has 1 aliphatic carbocycles. The van der Waals surface area contributed by atoms with Crippen molar-refractivity contribution in [2.24, 2.45) is 5.92 Å². The standard InChI is InChI=1S/C28H26Cl2F2N2O8S/c1-39-27(36)18-4-2-3-5-25(18)43(37,38)34-14-26(35)41-23(11-19-20(29)12-33-13-21(19)30)17-8-9-22(42-28(31)32)24(10-17)40-15-16-6-7-16/h2-5,8-10,12-13,16,23,28,34H,6-7,11,14-15H2,1H3/p+1/t23-/m0/s1. The predicted octanol–water partition coefficient (Wildman–Crippen LogP) is 4.79. The normalized spacial score (nSPS) is 13.8. The topological polar surface area (TPSA) is 131 Å². The Morgan fingerprint density at radius 1 is 1.07 bits per heavy atom. The number of sulfonamides is 1. The van der Waals surface area contributed by atoms with Crippen LogP contribution in [0.5, 0.6) is 11.5 Å². The first-order valence-corrected chi connectivity index (χ1v) is 15.1. The summed E-state index contributed by atoms with van der Waals surface area (Å²) in [4.78, 5) is 27.4. The second-order valence-electron chi connectivity index (χ2n) is 9.46. The Labute approximate surface area is 256 Å². The van der Waals surface area contributed by atoms with Gasteiger partial charge in [-0.2, -0.15) is 13.5 Å². The number of H-pyrrole nitrogens is 1. The third-order valence-electron chi connectivity index (χ3n) is 6.38. The van der Waals surface area contributed by atoms with Gasteiger partial charge in [0.15, 0.2) is 23.9 Å². The van der Waals surface area contributed by atoms with Crippen LogP contribution in [0.1, 0.15) is 40.4 Å². The molecule has 43 heavy (non-hydrogen) atoms. The van der Waals surface area contributed by atoms with Crippen molar-refractivity contribution < 1.29 is 50.7 Å². The number of rotatable bonds is 14. The van der Waals surface area contributed by atoms with Crippen LogP contribution in [0.2, 0.25) is 10.0 Å². The molecular formula is C28H27Cl2F2N2O8S+. The number of hydrogen-bond acceptors (Lipinski definition) is 8. The van der Waals surface area contributed by atoms with Gasteiger partial charge in [-0.1, -0.05) is 41.4 Å². The van der Waals surface area contributed by atoms with E-state index in [0.29, 0.717) is 17.0 Å². The lowest BCUT2D eigenvalue weighted by Gasteiger charge is -2.21. The number of esters is 2. The lowest BCUT2D eigenvalue weighted by atomic mass is 10.0. The second-order valence-corrected chi connectivity index (χ2v) is 12.0. The van der Waals surface area contributed by atoms with E-state index in [9.17, 15) is 26.8 Å². The van der Waals surface area contributed by atoms with Gasteiger partial charge in [0.2, 0.25) is 10.0 Å². The van der Waals surface area contributed by atoms with E-state index in [-0.39, 0.29) is 40.1 Å². The number of ether oxygens (including phenoxy) is 4. The highest BCUT2D eigenvalue weighted by atomic mass is 35.5. The van der Waals surface area contributed by atoms with E-state index in [1.165, 1.54) is 54.9 Å². The molecule has 2 N–H and O–H groups in total. The summed E-state index contributed by atoms with van der Waals surface area (Å²) < 4.78 is 74.8. The van der Waals surface area contributed by atoms with Crippen LogP contribution in [0, 0.1) is 5.92 Å². The number of hydrogen-bond donors (Lipinski definition) is 1. The summed E-state index contributed by atoms with van der Waals surface area (Å²) in [5, 5.41) is 0.466. The maximum absolute atomic E-state index is 13.1. The number of carbonyl (C=O) groups is 2. The molecule has 0 radical (unpaired) electrons. The van der Waals surface area contributed by atoms with Crippen LogP contribution in [-0.4, -0.2) is 47.2 Å². The summed E-state index contributed by atoms with van der Waals surface area (Å²) in [5.41, 5.74) is 0.499. The zero-order valence-corrected chi connectivity index (χ0v) is 25.0. The van der Waals surface area contributed by atoms with Crippen LogP contribution in [-0.2, 0) is 30.7 Å². The third-order valence-corrected chi connectivity index (χ3v) is 8.51. The van der Waals surface area contributed by atoms with E-state index in [1.807, 2.05) is 0 Å². The van der Waals surface area contributed by atoms with E-state index in [4.69, 9.17) is 32.7 Å². The minimum atomic E-state index is -4.35. The van der Waals surface area contributed by atoms with Gasteiger partial charge in [0, 0.05) is 12.0 Å². The van der Waals surface area contributed by atoms with Gasteiger partial charge in [-0.15, -0.1) is 0 Å². The molecular weight excluding hydrogens is 633 g/mol. The van der Waals surface area contributed by atoms with Crippen LogP contribution in [0.4, 0.5) is 8.78 Å². The molecule has 1 fully saturated rings. The molecule has 15 heteroatoms. The Kier molecular flexibility index (Phi) is 10.8. The molecule has 0 spiro atoms. The summed E-state index contributed by atoms with van der Waals surface area (Å²) in [6.07, 6.45) is 3.67. The van der Waals surface area contributed by atoms with Crippen molar-refractivity contribution in [2.45, 2.75) is 36.9 Å². The van der Waals surface area contributed by atoms with Crippen LogP contribution in [0.25, 0.3) is 0 Å². The highest BCUT2D eigenvalue weighted by molar-refractivity contribution is 7.89. The average Bonchev–Trinajstić information content (AvgIpc) is 3.81. The quantitative estimate of drug-likeness (QED) is 0.245. The molecule has 1 atom stereocenters. The predicted molar refractivity (Wildman–Crippen MR) is 150 cm³/mol. The number of alkyl halides is 2. The molecule has 0 bridgehead atoms. The Hall–Kier alpha value is -3.52. The van der Waals surface area contributed by atoms with Gasteiger partial charge in [-0.05, 0) is 48.6 Å². The molecule has 3 aromatic rings. The minimum absolute atomic E-state index is 0.0180.